The molecule has 1 aromatic carbocycles. The number of hydrogen-bond donors (Lipinski definition) is 2. The SMILES string of the molecule is NCc1ccc(CNC(=O)CCn2cncn2)cc1. The highest BCUT2D eigenvalue weighted by Gasteiger charge is 2.02. The lowest BCUT2D eigenvalue weighted by Gasteiger charge is -2.06. The summed E-state index contributed by atoms with van der Waals surface area (Å²) < 4.78 is 1.63. The van der Waals surface area contributed by atoms with Crippen LogP contribution >= 0.6 is 0 Å². The Labute approximate surface area is 111 Å². The predicted molar refractivity (Wildman–Crippen MR) is 70.8 cm³/mol. The Bertz CT molecular complexity index is 506. The van der Waals surface area contributed by atoms with Crippen molar-refractivity contribution in [3.63, 3.8) is 0 Å². The van der Waals surface area contributed by atoms with Crippen LogP contribution in [0, 0.1) is 0 Å². The molecule has 1 amide bonds. The number of hydrogen-bond acceptors (Lipinski definition) is 4. The summed E-state index contributed by atoms with van der Waals surface area (Å²) >= 11 is 0. The van der Waals surface area contributed by atoms with Gasteiger partial charge in [-0.25, -0.2) is 4.98 Å². The summed E-state index contributed by atoms with van der Waals surface area (Å²) in [5.74, 6) is -0.00148. The number of carbonyl (C=O) groups excluding carboxylic acids is 1. The highest BCUT2D eigenvalue weighted by atomic mass is 16.1. The zero-order valence-corrected chi connectivity index (χ0v) is 10.6. The molecule has 0 bridgehead atoms. The lowest BCUT2D eigenvalue weighted by atomic mass is 10.1. The lowest BCUT2D eigenvalue weighted by molar-refractivity contribution is -0.121. The van der Waals surface area contributed by atoms with Crippen LogP contribution in [-0.2, 0) is 24.4 Å². The average Bonchev–Trinajstić information content (AvgIpc) is 2.96. The fraction of sp³-hybridized carbons (Fsp3) is 0.308. The second kappa shape index (κ2) is 6.65. The fourth-order valence-electron chi connectivity index (χ4n) is 1.65. The molecule has 2 aromatic rings. The van der Waals surface area contributed by atoms with Crippen molar-refractivity contribution < 1.29 is 4.79 Å². The van der Waals surface area contributed by atoms with E-state index in [0.717, 1.165) is 11.1 Å². The minimum Gasteiger partial charge on any atom is -0.352 e. The number of nitrogens with two attached hydrogens (primary N) is 1. The summed E-state index contributed by atoms with van der Waals surface area (Å²) in [6, 6.07) is 7.88. The fourth-order valence-corrected chi connectivity index (χ4v) is 1.65. The Balaban J connectivity index is 1.73. The van der Waals surface area contributed by atoms with Crippen molar-refractivity contribution in [3.05, 3.63) is 48.0 Å². The first-order valence-electron chi connectivity index (χ1n) is 6.15. The molecule has 0 atom stereocenters. The zero-order valence-electron chi connectivity index (χ0n) is 10.6. The van der Waals surface area contributed by atoms with Crippen LogP contribution in [0.3, 0.4) is 0 Å². The molecule has 2 rings (SSSR count). The molecule has 0 spiro atoms. The monoisotopic (exact) mass is 259 g/mol. The number of rotatable bonds is 6. The van der Waals surface area contributed by atoms with Gasteiger partial charge in [0.2, 0.25) is 5.91 Å². The van der Waals surface area contributed by atoms with Gasteiger partial charge < -0.3 is 11.1 Å². The van der Waals surface area contributed by atoms with Crippen molar-refractivity contribution in [2.24, 2.45) is 5.73 Å². The van der Waals surface area contributed by atoms with Crippen LogP contribution in [0.15, 0.2) is 36.9 Å². The molecule has 0 unspecified atom stereocenters. The largest absolute Gasteiger partial charge is 0.352 e. The number of nitrogens with one attached hydrogen (secondary N) is 1. The van der Waals surface area contributed by atoms with E-state index in [9.17, 15) is 4.79 Å². The molecule has 0 fully saturated rings. The second-order valence-corrected chi connectivity index (χ2v) is 4.21. The molecule has 19 heavy (non-hydrogen) atoms. The Morgan fingerprint density at radius 2 is 2.00 bits per heavy atom. The van der Waals surface area contributed by atoms with Crippen LogP contribution in [0.1, 0.15) is 17.5 Å². The van der Waals surface area contributed by atoms with Gasteiger partial charge in [0.25, 0.3) is 0 Å². The molecule has 0 radical (unpaired) electrons. The van der Waals surface area contributed by atoms with Crippen molar-refractivity contribution in [3.8, 4) is 0 Å². The molecular formula is C13H17N5O. The maximum atomic E-state index is 11.6. The van der Waals surface area contributed by atoms with Crippen LogP contribution in [-0.4, -0.2) is 20.7 Å². The lowest BCUT2D eigenvalue weighted by Crippen LogP contribution is -2.24. The van der Waals surface area contributed by atoms with E-state index < -0.39 is 0 Å². The number of aryl methyl sites for hydroxylation is 1. The maximum absolute atomic E-state index is 11.6. The van der Waals surface area contributed by atoms with E-state index in [1.165, 1.54) is 6.33 Å². The third-order valence-corrected chi connectivity index (χ3v) is 2.78. The summed E-state index contributed by atoms with van der Waals surface area (Å²) in [5.41, 5.74) is 7.67. The summed E-state index contributed by atoms with van der Waals surface area (Å²) in [6.07, 6.45) is 3.44. The number of aromatic nitrogens is 3. The summed E-state index contributed by atoms with van der Waals surface area (Å²) in [4.78, 5) is 15.5. The van der Waals surface area contributed by atoms with Gasteiger partial charge in [-0.15, -0.1) is 0 Å². The van der Waals surface area contributed by atoms with Crippen LogP contribution in [0.2, 0.25) is 0 Å². The maximum Gasteiger partial charge on any atom is 0.222 e. The molecule has 0 saturated carbocycles. The van der Waals surface area contributed by atoms with Crippen molar-refractivity contribution in [2.45, 2.75) is 26.1 Å². The molecule has 3 N–H and O–H groups in total. The highest BCUT2D eigenvalue weighted by molar-refractivity contribution is 5.75. The van der Waals surface area contributed by atoms with Gasteiger partial charge in [-0.2, -0.15) is 5.10 Å². The van der Waals surface area contributed by atoms with Crippen LogP contribution in [0.5, 0.6) is 0 Å². The zero-order chi connectivity index (χ0) is 13.5. The van der Waals surface area contributed by atoms with Crippen LogP contribution in [0.4, 0.5) is 0 Å². The summed E-state index contributed by atoms with van der Waals surface area (Å²) in [6.45, 7) is 1.60. The van der Waals surface area contributed by atoms with Gasteiger partial charge in [0.1, 0.15) is 12.7 Å². The number of carbonyl (C=O) groups is 1. The van der Waals surface area contributed by atoms with Crippen LogP contribution < -0.4 is 11.1 Å². The van der Waals surface area contributed by atoms with E-state index in [0.29, 0.717) is 26.1 Å². The molecule has 100 valence electrons. The molecule has 0 aliphatic rings. The topological polar surface area (TPSA) is 85.8 Å². The van der Waals surface area contributed by atoms with Crippen molar-refractivity contribution in [2.75, 3.05) is 0 Å². The second-order valence-electron chi connectivity index (χ2n) is 4.21. The number of nitrogens with zero attached hydrogens (tertiary/aromatic N) is 3. The Morgan fingerprint density at radius 1 is 1.26 bits per heavy atom. The van der Waals surface area contributed by atoms with Gasteiger partial charge >= 0.3 is 0 Å². The van der Waals surface area contributed by atoms with Crippen molar-refractivity contribution in [1.29, 1.82) is 0 Å². The first kappa shape index (κ1) is 13.2. The average molecular weight is 259 g/mol. The third kappa shape index (κ3) is 4.18. The minimum absolute atomic E-state index is 0.00148. The Kier molecular flexibility index (Phi) is 4.63. The smallest absolute Gasteiger partial charge is 0.222 e. The van der Waals surface area contributed by atoms with E-state index in [2.05, 4.69) is 15.4 Å². The normalized spacial score (nSPS) is 10.4. The van der Waals surface area contributed by atoms with Crippen LogP contribution in [0.25, 0.3) is 0 Å². The predicted octanol–water partition coefficient (Wildman–Crippen LogP) is 0.443. The van der Waals surface area contributed by atoms with E-state index in [4.69, 9.17) is 5.73 Å². The molecule has 1 aromatic heterocycles. The Morgan fingerprint density at radius 3 is 2.63 bits per heavy atom. The van der Waals surface area contributed by atoms with Gasteiger partial charge in [-0.1, -0.05) is 24.3 Å². The van der Waals surface area contributed by atoms with Crippen molar-refractivity contribution in [1.82, 2.24) is 20.1 Å². The molecule has 6 heteroatoms. The Hall–Kier alpha value is -2.21. The minimum atomic E-state index is -0.00148. The first-order valence-corrected chi connectivity index (χ1v) is 6.15. The molecule has 1 heterocycles. The van der Waals surface area contributed by atoms with E-state index in [1.807, 2.05) is 24.3 Å². The standard InChI is InChI=1S/C13H17N5O/c14-7-11-1-3-12(4-2-11)8-16-13(19)5-6-18-10-15-9-17-18/h1-4,9-10H,5-8,14H2,(H,16,19). The molecule has 0 aliphatic heterocycles. The van der Waals surface area contributed by atoms with Gasteiger partial charge in [-0.3, -0.25) is 9.48 Å². The van der Waals surface area contributed by atoms with Crippen molar-refractivity contribution >= 4 is 5.91 Å². The quantitative estimate of drug-likeness (QED) is 0.788. The molecule has 0 aliphatic carbocycles. The van der Waals surface area contributed by atoms with Gasteiger partial charge in [-0.05, 0) is 11.1 Å². The van der Waals surface area contributed by atoms with Gasteiger partial charge in [0.15, 0.2) is 0 Å². The molecular weight excluding hydrogens is 242 g/mol. The summed E-state index contributed by atoms with van der Waals surface area (Å²) in [7, 11) is 0. The van der Waals surface area contributed by atoms with E-state index >= 15 is 0 Å². The first-order chi connectivity index (χ1) is 9.28. The third-order valence-electron chi connectivity index (χ3n) is 2.78. The highest BCUT2D eigenvalue weighted by Crippen LogP contribution is 2.03. The van der Waals surface area contributed by atoms with E-state index in [1.54, 1.807) is 11.0 Å². The van der Waals surface area contributed by atoms with Gasteiger partial charge in [0.05, 0.1) is 6.54 Å². The molecule has 6 nitrogen and oxygen atoms in total. The van der Waals surface area contributed by atoms with E-state index in [-0.39, 0.29) is 5.91 Å². The van der Waals surface area contributed by atoms with Gasteiger partial charge in [0, 0.05) is 19.5 Å². The molecule has 0 saturated heterocycles. The summed E-state index contributed by atoms with van der Waals surface area (Å²) in [5, 5.41) is 6.81. The number of benzene rings is 1. The number of amides is 1.